The molecule has 6 heteroatoms. The van der Waals surface area contributed by atoms with Crippen molar-refractivity contribution in [2.75, 3.05) is 26.7 Å². The molecule has 1 spiro atoms. The molecule has 1 aromatic carbocycles. The van der Waals surface area contributed by atoms with Crippen molar-refractivity contribution in [3.05, 3.63) is 65.1 Å². The molecule has 5 rings (SSSR count). The number of aromatic nitrogens is 2. The summed E-state index contributed by atoms with van der Waals surface area (Å²) in [5.41, 5.74) is 2.72. The summed E-state index contributed by atoms with van der Waals surface area (Å²) in [5, 5.41) is 1.81. The quantitative estimate of drug-likeness (QED) is 0.631. The van der Waals surface area contributed by atoms with Crippen molar-refractivity contribution in [3.8, 4) is 0 Å². The summed E-state index contributed by atoms with van der Waals surface area (Å²) >= 11 is 6.40. The van der Waals surface area contributed by atoms with Gasteiger partial charge in [-0.25, -0.2) is 0 Å². The zero-order chi connectivity index (χ0) is 19.3. The van der Waals surface area contributed by atoms with Gasteiger partial charge in [-0.05, 0) is 44.2 Å². The van der Waals surface area contributed by atoms with E-state index in [0.29, 0.717) is 5.56 Å². The number of pyridine rings is 1. The van der Waals surface area contributed by atoms with Gasteiger partial charge in [0, 0.05) is 43.5 Å². The average molecular weight is 395 g/mol. The number of fused-ring (bicyclic) bond motifs is 3. The van der Waals surface area contributed by atoms with Crippen LogP contribution in [0, 0.1) is 0 Å². The Labute approximate surface area is 169 Å². The molecule has 5 nitrogen and oxygen atoms in total. The molecule has 0 N–H and O–H groups in total. The van der Waals surface area contributed by atoms with E-state index in [0.717, 1.165) is 55.1 Å². The van der Waals surface area contributed by atoms with Crippen LogP contribution in [-0.4, -0.2) is 51.9 Å². The Hall–Kier alpha value is -2.37. The summed E-state index contributed by atoms with van der Waals surface area (Å²) < 4.78 is 2.23. The molecule has 0 radical (unpaired) electrons. The number of piperidine rings is 1. The number of para-hydroxylation sites is 1. The van der Waals surface area contributed by atoms with E-state index < -0.39 is 0 Å². The lowest BCUT2D eigenvalue weighted by atomic mass is 9.81. The fourth-order valence-corrected chi connectivity index (χ4v) is 5.14. The number of carbonyl (C=O) groups excluding carboxylic acids is 1. The van der Waals surface area contributed by atoms with Crippen LogP contribution < -0.4 is 0 Å². The predicted octanol–water partition coefficient (Wildman–Crippen LogP) is 3.77. The van der Waals surface area contributed by atoms with E-state index in [1.54, 1.807) is 6.20 Å². The van der Waals surface area contributed by atoms with E-state index in [1.807, 2.05) is 41.3 Å². The topological polar surface area (TPSA) is 41.4 Å². The highest BCUT2D eigenvalue weighted by molar-refractivity contribution is 6.29. The first-order chi connectivity index (χ1) is 13.6. The van der Waals surface area contributed by atoms with E-state index in [4.69, 9.17) is 11.6 Å². The Bertz CT molecular complexity index is 1050. The Balaban J connectivity index is 1.42. The van der Waals surface area contributed by atoms with Crippen LogP contribution in [-0.2, 0) is 12.1 Å². The van der Waals surface area contributed by atoms with Gasteiger partial charge in [-0.15, -0.1) is 0 Å². The lowest BCUT2D eigenvalue weighted by molar-refractivity contribution is 0.0132. The monoisotopic (exact) mass is 394 g/mol. The summed E-state index contributed by atoms with van der Waals surface area (Å²) in [6.07, 6.45) is 3.57. The third kappa shape index (κ3) is 2.57. The molecule has 28 heavy (non-hydrogen) atoms. The Morgan fingerprint density at radius 2 is 1.82 bits per heavy atom. The van der Waals surface area contributed by atoms with Crippen LogP contribution >= 0.6 is 11.6 Å². The fraction of sp³-hybridized carbons (Fsp3) is 0.364. The number of halogens is 1. The maximum atomic E-state index is 13.3. The van der Waals surface area contributed by atoms with Crippen molar-refractivity contribution in [3.63, 3.8) is 0 Å². The van der Waals surface area contributed by atoms with Crippen molar-refractivity contribution in [2.45, 2.75) is 24.9 Å². The predicted molar refractivity (Wildman–Crippen MR) is 111 cm³/mol. The van der Waals surface area contributed by atoms with Crippen LogP contribution in [0.25, 0.3) is 10.9 Å². The highest BCUT2D eigenvalue weighted by Gasteiger charge is 2.44. The summed E-state index contributed by atoms with van der Waals surface area (Å²) in [6.45, 7) is 3.36. The van der Waals surface area contributed by atoms with Crippen LogP contribution in [0.5, 0.6) is 0 Å². The molecule has 3 aromatic rings. The number of benzene rings is 1. The number of hydrogen-bond acceptors (Lipinski definition) is 3. The molecule has 1 fully saturated rings. The number of carbonyl (C=O) groups is 1. The van der Waals surface area contributed by atoms with Gasteiger partial charge in [0.25, 0.3) is 5.91 Å². The van der Waals surface area contributed by atoms with E-state index in [1.165, 1.54) is 5.69 Å². The van der Waals surface area contributed by atoms with Gasteiger partial charge in [-0.3, -0.25) is 14.7 Å². The standard InChI is InChI=1S/C22H23ClN4O/c1-25-14-15-27-18(7-8-19(27)23)22(25)9-12-26(13-10-22)21(28)17-6-2-4-16-5-3-11-24-20(16)17/h2-8,11H,9-10,12-15H2,1H3. The van der Waals surface area contributed by atoms with Gasteiger partial charge in [-0.2, -0.15) is 0 Å². The first-order valence-electron chi connectivity index (χ1n) is 9.80. The summed E-state index contributed by atoms with van der Waals surface area (Å²) in [6, 6.07) is 13.9. The second kappa shape index (κ2) is 6.61. The molecule has 0 saturated carbocycles. The van der Waals surface area contributed by atoms with Gasteiger partial charge in [0.1, 0.15) is 5.15 Å². The third-order valence-corrected chi connectivity index (χ3v) is 6.86. The minimum atomic E-state index is -0.0425. The van der Waals surface area contributed by atoms with Crippen LogP contribution in [0.3, 0.4) is 0 Å². The highest BCUT2D eigenvalue weighted by Crippen LogP contribution is 2.42. The molecule has 0 aliphatic carbocycles. The third-order valence-electron chi connectivity index (χ3n) is 6.53. The fourth-order valence-electron chi connectivity index (χ4n) is 4.90. The van der Waals surface area contributed by atoms with E-state index in [9.17, 15) is 4.79 Å². The van der Waals surface area contributed by atoms with Crippen LogP contribution in [0.1, 0.15) is 28.9 Å². The number of hydrogen-bond donors (Lipinski definition) is 0. The summed E-state index contributed by atoms with van der Waals surface area (Å²) in [7, 11) is 2.19. The Morgan fingerprint density at radius 1 is 1.04 bits per heavy atom. The van der Waals surface area contributed by atoms with Gasteiger partial charge in [0.05, 0.1) is 16.6 Å². The molecule has 1 amide bonds. The lowest BCUT2D eigenvalue weighted by Crippen LogP contribution is -2.56. The van der Waals surface area contributed by atoms with Crippen LogP contribution in [0.2, 0.25) is 5.15 Å². The van der Waals surface area contributed by atoms with Crippen molar-refractivity contribution < 1.29 is 4.79 Å². The van der Waals surface area contributed by atoms with E-state index >= 15 is 0 Å². The smallest absolute Gasteiger partial charge is 0.256 e. The molecule has 0 atom stereocenters. The van der Waals surface area contributed by atoms with Gasteiger partial charge >= 0.3 is 0 Å². The van der Waals surface area contributed by atoms with Crippen molar-refractivity contribution in [1.29, 1.82) is 0 Å². The number of likely N-dealkylation sites (N-methyl/N-ethyl adjacent to an activating group) is 1. The number of rotatable bonds is 1. The summed E-state index contributed by atoms with van der Waals surface area (Å²) in [5.74, 6) is 0.0750. The molecule has 144 valence electrons. The molecule has 2 aliphatic heterocycles. The normalized spacial score (nSPS) is 19.1. The SMILES string of the molecule is CN1CCn2c(Cl)ccc2C12CCN(C(=O)c1cccc3cccnc13)CC2. The van der Waals surface area contributed by atoms with Crippen molar-refractivity contribution in [2.24, 2.45) is 0 Å². The maximum Gasteiger partial charge on any atom is 0.256 e. The molecular weight excluding hydrogens is 372 g/mol. The number of amides is 1. The first kappa shape index (κ1) is 17.7. The van der Waals surface area contributed by atoms with Crippen molar-refractivity contribution in [1.82, 2.24) is 19.4 Å². The Kier molecular flexibility index (Phi) is 4.18. The zero-order valence-electron chi connectivity index (χ0n) is 15.9. The first-order valence-corrected chi connectivity index (χ1v) is 10.2. The van der Waals surface area contributed by atoms with Crippen LogP contribution in [0.15, 0.2) is 48.7 Å². The highest BCUT2D eigenvalue weighted by atomic mass is 35.5. The average Bonchev–Trinajstić information content (AvgIpc) is 3.12. The maximum absolute atomic E-state index is 13.3. The minimum absolute atomic E-state index is 0.0425. The van der Waals surface area contributed by atoms with E-state index in [2.05, 4.69) is 27.6 Å². The molecule has 0 unspecified atom stereocenters. The minimum Gasteiger partial charge on any atom is -0.338 e. The molecular formula is C22H23ClN4O. The molecule has 2 aromatic heterocycles. The zero-order valence-corrected chi connectivity index (χ0v) is 16.7. The van der Waals surface area contributed by atoms with Gasteiger partial charge in [0.15, 0.2) is 0 Å². The number of nitrogens with zero attached hydrogens (tertiary/aromatic N) is 4. The largest absolute Gasteiger partial charge is 0.338 e. The second-order valence-electron chi connectivity index (χ2n) is 7.82. The Morgan fingerprint density at radius 3 is 2.64 bits per heavy atom. The van der Waals surface area contributed by atoms with E-state index in [-0.39, 0.29) is 11.4 Å². The summed E-state index contributed by atoms with van der Waals surface area (Å²) in [4.78, 5) is 22.1. The van der Waals surface area contributed by atoms with Gasteiger partial charge in [-0.1, -0.05) is 29.8 Å². The van der Waals surface area contributed by atoms with Crippen LogP contribution in [0.4, 0.5) is 0 Å². The lowest BCUT2D eigenvalue weighted by Gasteiger charge is -2.50. The van der Waals surface area contributed by atoms with Gasteiger partial charge in [0.2, 0.25) is 0 Å². The molecule has 2 aliphatic rings. The second-order valence-corrected chi connectivity index (χ2v) is 8.21. The number of likely N-dealkylation sites (tertiary alicyclic amines) is 1. The van der Waals surface area contributed by atoms with Crippen molar-refractivity contribution >= 4 is 28.4 Å². The molecule has 4 heterocycles. The van der Waals surface area contributed by atoms with Gasteiger partial charge < -0.3 is 9.47 Å². The molecule has 0 bridgehead atoms. The molecule has 1 saturated heterocycles.